The fourth-order valence-corrected chi connectivity index (χ4v) is 3.94. The number of aromatic nitrogens is 2. The van der Waals surface area contributed by atoms with E-state index in [1.54, 1.807) is 11.3 Å². The molecule has 2 aliphatic heterocycles. The second kappa shape index (κ2) is 6.15. The Labute approximate surface area is 119 Å². The van der Waals surface area contributed by atoms with Gasteiger partial charge in [-0.3, -0.25) is 9.80 Å². The lowest BCUT2D eigenvalue weighted by atomic mass is 10.2. The van der Waals surface area contributed by atoms with Crippen LogP contribution in [0.2, 0.25) is 0 Å². The van der Waals surface area contributed by atoms with E-state index in [0.717, 1.165) is 29.3 Å². The molecule has 19 heavy (non-hydrogen) atoms. The van der Waals surface area contributed by atoms with Crippen molar-refractivity contribution in [2.45, 2.75) is 38.8 Å². The van der Waals surface area contributed by atoms with Gasteiger partial charge in [-0.2, -0.15) is 0 Å². The van der Waals surface area contributed by atoms with Crippen LogP contribution in [-0.4, -0.2) is 58.8 Å². The maximum absolute atomic E-state index is 4.27. The van der Waals surface area contributed by atoms with Gasteiger partial charge >= 0.3 is 0 Å². The second-order valence-electron chi connectivity index (χ2n) is 5.45. The molecule has 3 rings (SSSR count). The van der Waals surface area contributed by atoms with Crippen molar-refractivity contribution in [3.63, 3.8) is 0 Å². The van der Waals surface area contributed by atoms with Crippen LogP contribution in [0.3, 0.4) is 0 Å². The number of nitrogens with one attached hydrogen (secondary N) is 1. The highest BCUT2D eigenvalue weighted by Crippen LogP contribution is 2.23. The van der Waals surface area contributed by atoms with Crippen LogP contribution in [0.4, 0.5) is 5.13 Å². The van der Waals surface area contributed by atoms with Gasteiger partial charge in [-0.25, -0.2) is 0 Å². The minimum Gasteiger partial charge on any atom is -0.360 e. The molecule has 0 aromatic carbocycles. The zero-order valence-electron chi connectivity index (χ0n) is 11.6. The van der Waals surface area contributed by atoms with Crippen LogP contribution >= 0.6 is 11.3 Å². The Morgan fingerprint density at radius 2 is 2.11 bits per heavy atom. The summed E-state index contributed by atoms with van der Waals surface area (Å²) in [6, 6.07) is 0.781. The van der Waals surface area contributed by atoms with Gasteiger partial charge in [0.25, 0.3) is 0 Å². The molecular weight excluding hydrogens is 258 g/mol. The minimum absolute atomic E-state index is 0.781. The highest BCUT2D eigenvalue weighted by Gasteiger charge is 2.29. The molecule has 1 unspecified atom stereocenters. The second-order valence-corrected chi connectivity index (χ2v) is 6.51. The molecular formula is C13H23N5S. The van der Waals surface area contributed by atoms with Crippen molar-refractivity contribution in [2.75, 3.05) is 38.0 Å². The summed E-state index contributed by atoms with van der Waals surface area (Å²) in [6.45, 7) is 8.99. The maximum atomic E-state index is 4.27. The first-order valence-corrected chi connectivity index (χ1v) is 8.19. The predicted molar refractivity (Wildman–Crippen MR) is 78.6 cm³/mol. The predicted octanol–water partition coefficient (Wildman–Crippen LogP) is 1.64. The first kappa shape index (κ1) is 13.3. The van der Waals surface area contributed by atoms with E-state index in [0.29, 0.717) is 0 Å². The van der Waals surface area contributed by atoms with Crippen molar-refractivity contribution in [1.82, 2.24) is 20.0 Å². The van der Waals surface area contributed by atoms with Gasteiger partial charge in [-0.1, -0.05) is 11.3 Å². The molecule has 0 saturated carbocycles. The van der Waals surface area contributed by atoms with Crippen molar-refractivity contribution in [3.8, 4) is 0 Å². The Hall–Kier alpha value is -0.720. The van der Waals surface area contributed by atoms with E-state index in [1.165, 1.54) is 45.4 Å². The molecule has 5 nitrogen and oxygen atoms in total. The lowest BCUT2D eigenvalue weighted by molar-refractivity contribution is 0.229. The molecule has 0 bridgehead atoms. The zero-order chi connectivity index (χ0) is 13.1. The molecule has 2 saturated heterocycles. The summed E-state index contributed by atoms with van der Waals surface area (Å²) in [5.41, 5.74) is 0. The molecule has 2 aliphatic rings. The summed E-state index contributed by atoms with van der Waals surface area (Å²) in [5.74, 6) is 0. The normalized spacial score (nSPS) is 25.2. The summed E-state index contributed by atoms with van der Waals surface area (Å²) in [5, 5.41) is 13.7. The summed E-state index contributed by atoms with van der Waals surface area (Å²) < 4.78 is 0. The lowest BCUT2D eigenvalue weighted by Gasteiger charge is -2.23. The fourth-order valence-electron chi connectivity index (χ4n) is 3.09. The highest BCUT2D eigenvalue weighted by molar-refractivity contribution is 7.15. The van der Waals surface area contributed by atoms with Crippen LogP contribution in [0.1, 0.15) is 31.2 Å². The number of anilines is 1. The molecule has 0 amide bonds. The van der Waals surface area contributed by atoms with Gasteiger partial charge in [-0.05, 0) is 39.3 Å². The average Bonchev–Trinajstić information content (AvgIpc) is 3.10. The van der Waals surface area contributed by atoms with Crippen molar-refractivity contribution in [3.05, 3.63) is 5.01 Å². The van der Waals surface area contributed by atoms with E-state index in [1.807, 2.05) is 0 Å². The van der Waals surface area contributed by atoms with Crippen molar-refractivity contribution in [1.29, 1.82) is 0 Å². The van der Waals surface area contributed by atoms with Crippen LogP contribution < -0.4 is 5.32 Å². The number of rotatable bonds is 5. The van der Waals surface area contributed by atoms with Gasteiger partial charge in [0.1, 0.15) is 5.01 Å². The Bertz CT molecular complexity index is 401. The van der Waals surface area contributed by atoms with Crippen molar-refractivity contribution < 1.29 is 0 Å². The molecule has 2 fully saturated rings. The SMILES string of the molecule is CCNc1nnc(CN2CCC(N3CCCC3)C2)s1. The average molecular weight is 281 g/mol. The lowest BCUT2D eigenvalue weighted by Crippen LogP contribution is -2.35. The molecule has 1 atom stereocenters. The van der Waals surface area contributed by atoms with Crippen molar-refractivity contribution >= 4 is 16.5 Å². The summed E-state index contributed by atoms with van der Waals surface area (Å²) >= 11 is 1.69. The van der Waals surface area contributed by atoms with Gasteiger partial charge in [0.2, 0.25) is 5.13 Å². The third-order valence-corrected chi connectivity index (χ3v) is 4.92. The molecule has 1 N–H and O–H groups in total. The van der Waals surface area contributed by atoms with Crippen LogP contribution in [0.5, 0.6) is 0 Å². The van der Waals surface area contributed by atoms with E-state index in [4.69, 9.17) is 0 Å². The van der Waals surface area contributed by atoms with Crippen LogP contribution in [0, 0.1) is 0 Å². The first-order chi connectivity index (χ1) is 9.35. The van der Waals surface area contributed by atoms with Gasteiger partial charge < -0.3 is 5.32 Å². The Balaban J connectivity index is 1.50. The van der Waals surface area contributed by atoms with Gasteiger partial charge in [0, 0.05) is 25.7 Å². The van der Waals surface area contributed by atoms with Gasteiger partial charge in [0.15, 0.2) is 0 Å². The minimum atomic E-state index is 0.781. The summed E-state index contributed by atoms with van der Waals surface area (Å²) in [4.78, 5) is 5.20. The third kappa shape index (κ3) is 3.24. The van der Waals surface area contributed by atoms with Gasteiger partial charge in [0.05, 0.1) is 6.54 Å². The number of hydrogen-bond donors (Lipinski definition) is 1. The Morgan fingerprint density at radius 3 is 2.89 bits per heavy atom. The quantitative estimate of drug-likeness (QED) is 0.889. The van der Waals surface area contributed by atoms with E-state index in [2.05, 4.69) is 32.2 Å². The number of likely N-dealkylation sites (tertiary alicyclic amines) is 2. The largest absolute Gasteiger partial charge is 0.360 e. The van der Waals surface area contributed by atoms with Crippen LogP contribution in [-0.2, 0) is 6.54 Å². The zero-order valence-corrected chi connectivity index (χ0v) is 12.5. The molecule has 1 aromatic rings. The maximum Gasteiger partial charge on any atom is 0.205 e. The molecule has 106 valence electrons. The molecule has 0 aliphatic carbocycles. The third-order valence-electron chi connectivity index (χ3n) is 4.06. The van der Waals surface area contributed by atoms with Gasteiger partial charge in [-0.15, -0.1) is 10.2 Å². The Kier molecular flexibility index (Phi) is 4.30. The molecule has 0 radical (unpaired) electrons. The van der Waals surface area contributed by atoms with Crippen LogP contribution in [0.15, 0.2) is 0 Å². The van der Waals surface area contributed by atoms with E-state index < -0.39 is 0 Å². The number of nitrogens with zero attached hydrogens (tertiary/aromatic N) is 4. The summed E-state index contributed by atoms with van der Waals surface area (Å²) in [6.07, 6.45) is 4.09. The molecule has 1 aromatic heterocycles. The van der Waals surface area contributed by atoms with E-state index in [9.17, 15) is 0 Å². The highest BCUT2D eigenvalue weighted by atomic mass is 32.1. The van der Waals surface area contributed by atoms with E-state index in [-0.39, 0.29) is 0 Å². The monoisotopic (exact) mass is 281 g/mol. The molecule has 3 heterocycles. The number of hydrogen-bond acceptors (Lipinski definition) is 6. The van der Waals surface area contributed by atoms with Crippen LogP contribution in [0.25, 0.3) is 0 Å². The van der Waals surface area contributed by atoms with E-state index >= 15 is 0 Å². The first-order valence-electron chi connectivity index (χ1n) is 7.38. The fraction of sp³-hybridized carbons (Fsp3) is 0.846. The Morgan fingerprint density at radius 1 is 1.26 bits per heavy atom. The topological polar surface area (TPSA) is 44.3 Å². The molecule has 6 heteroatoms. The summed E-state index contributed by atoms with van der Waals surface area (Å²) in [7, 11) is 0. The molecule has 0 spiro atoms. The van der Waals surface area contributed by atoms with Crippen molar-refractivity contribution in [2.24, 2.45) is 0 Å². The smallest absolute Gasteiger partial charge is 0.205 e. The standard InChI is InChI=1S/C13H23N5S/c1-2-14-13-16-15-12(19-13)10-17-8-5-11(9-17)18-6-3-4-7-18/h11H,2-10H2,1H3,(H,14,16).